The second-order valence-corrected chi connectivity index (χ2v) is 5.03. The first kappa shape index (κ1) is 13.1. The van der Waals surface area contributed by atoms with Crippen molar-refractivity contribution in [2.24, 2.45) is 0 Å². The average molecular weight is 263 g/mol. The molecule has 0 aliphatic carbocycles. The highest BCUT2D eigenvalue weighted by molar-refractivity contribution is 7.09. The van der Waals surface area contributed by atoms with Crippen molar-refractivity contribution in [2.45, 2.75) is 12.7 Å². The zero-order valence-corrected chi connectivity index (χ0v) is 10.9. The lowest BCUT2D eigenvalue weighted by Gasteiger charge is -2.12. The van der Waals surface area contributed by atoms with Crippen molar-refractivity contribution in [3.8, 4) is 0 Å². The monoisotopic (exact) mass is 263 g/mol. The summed E-state index contributed by atoms with van der Waals surface area (Å²) in [5.74, 6) is 0. The van der Waals surface area contributed by atoms with Gasteiger partial charge in [-0.05, 0) is 23.6 Å². The van der Waals surface area contributed by atoms with Crippen LogP contribution in [0.5, 0.6) is 0 Å². The number of aliphatic hydroxyl groups excluding tert-OH is 1. The second-order valence-electron chi connectivity index (χ2n) is 4.00. The van der Waals surface area contributed by atoms with Crippen LogP contribution in [0.3, 0.4) is 0 Å². The average Bonchev–Trinajstić information content (AvgIpc) is 2.91. The molecule has 1 heterocycles. The number of hydrogen-bond acceptors (Lipinski definition) is 4. The Morgan fingerprint density at radius 1 is 1.17 bits per heavy atom. The highest BCUT2D eigenvalue weighted by atomic mass is 32.1. The minimum atomic E-state index is -0.495. The van der Waals surface area contributed by atoms with Crippen molar-refractivity contribution in [1.29, 1.82) is 0 Å². The molecule has 1 aromatic heterocycles. The summed E-state index contributed by atoms with van der Waals surface area (Å²) in [7, 11) is 0. The van der Waals surface area contributed by atoms with E-state index in [0.717, 1.165) is 5.69 Å². The summed E-state index contributed by atoms with van der Waals surface area (Å²) in [5, 5.41) is 14.9. The maximum atomic E-state index is 9.76. The van der Waals surface area contributed by atoms with E-state index in [0.29, 0.717) is 19.8 Å². The van der Waals surface area contributed by atoms with E-state index in [1.807, 2.05) is 47.8 Å². The van der Waals surface area contributed by atoms with Crippen LogP contribution in [-0.4, -0.2) is 24.4 Å². The van der Waals surface area contributed by atoms with Gasteiger partial charge in [-0.25, -0.2) is 0 Å². The Labute approximate surface area is 111 Å². The smallest absolute Gasteiger partial charge is 0.0945 e. The summed E-state index contributed by atoms with van der Waals surface area (Å²) in [6.07, 6.45) is -0.495. The van der Waals surface area contributed by atoms with E-state index >= 15 is 0 Å². The van der Waals surface area contributed by atoms with Gasteiger partial charge in [-0.2, -0.15) is 0 Å². The van der Waals surface area contributed by atoms with Crippen LogP contribution in [0.1, 0.15) is 4.88 Å². The number of anilines is 1. The molecule has 0 spiro atoms. The molecule has 0 saturated carbocycles. The quantitative estimate of drug-likeness (QED) is 0.807. The van der Waals surface area contributed by atoms with Crippen LogP contribution >= 0.6 is 11.3 Å². The topological polar surface area (TPSA) is 41.5 Å². The van der Waals surface area contributed by atoms with Gasteiger partial charge in [0.25, 0.3) is 0 Å². The summed E-state index contributed by atoms with van der Waals surface area (Å²) < 4.78 is 5.45. The predicted octanol–water partition coefficient (Wildman–Crippen LogP) is 2.74. The first-order chi connectivity index (χ1) is 8.84. The maximum Gasteiger partial charge on any atom is 0.0945 e. The zero-order valence-electron chi connectivity index (χ0n) is 10.1. The molecule has 3 nitrogen and oxygen atoms in total. The van der Waals surface area contributed by atoms with Crippen LogP contribution in [0.2, 0.25) is 0 Å². The minimum Gasteiger partial charge on any atom is -0.389 e. The lowest BCUT2D eigenvalue weighted by Crippen LogP contribution is -2.24. The normalized spacial score (nSPS) is 12.3. The van der Waals surface area contributed by atoms with Gasteiger partial charge < -0.3 is 15.2 Å². The Morgan fingerprint density at radius 2 is 2.00 bits per heavy atom. The van der Waals surface area contributed by atoms with Crippen molar-refractivity contribution in [3.63, 3.8) is 0 Å². The molecule has 1 atom stereocenters. The molecule has 2 N–H and O–H groups in total. The van der Waals surface area contributed by atoms with Gasteiger partial charge in [-0.15, -0.1) is 11.3 Å². The van der Waals surface area contributed by atoms with E-state index in [1.54, 1.807) is 11.3 Å². The zero-order chi connectivity index (χ0) is 12.6. The maximum absolute atomic E-state index is 9.76. The summed E-state index contributed by atoms with van der Waals surface area (Å²) >= 11 is 1.66. The fourth-order valence-electron chi connectivity index (χ4n) is 1.54. The second kappa shape index (κ2) is 7.16. The molecular weight excluding hydrogens is 246 g/mol. The fraction of sp³-hybridized carbons (Fsp3) is 0.286. The van der Waals surface area contributed by atoms with Gasteiger partial charge in [0.15, 0.2) is 0 Å². The molecule has 18 heavy (non-hydrogen) atoms. The molecule has 2 aromatic rings. The largest absolute Gasteiger partial charge is 0.389 e. The number of benzene rings is 1. The van der Waals surface area contributed by atoms with Crippen LogP contribution in [0.4, 0.5) is 5.69 Å². The molecule has 0 aliphatic heterocycles. The molecule has 0 fully saturated rings. The van der Waals surface area contributed by atoms with E-state index in [2.05, 4.69) is 5.32 Å². The third kappa shape index (κ3) is 4.49. The molecule has 1 aromatic carbocycles. The summed E-state index contributed by atoms with van der Waals surface area (Å²) in [6, 6.07) is 13.9. The molecule has 0 amide bonds. The molecular formula is C14H17NO2S. The SMILES string of the molecule is OC(CNc1ccccc1)COCc1cccs1. The van der Waals surface area contributed by atoms with Crippen LogP contribution in [0, 0.1) is 0 Å². The molecule has 1 unspecified atom stereocenters. The van der Waals surface area contributed by atoms with Crippen LogP contribution in [-0.2, 0) is 11.3 Å². The first-order valence-electron chi connectivity index (χ1n) is 5.92. The number of para-hydroxylation sites is 1. The third-order valence-electron chi connectivity index (χ3n) is 2.45. The number of hydrogen-bond donors (Lipinski definition) is 2. The molecule has 0 saturated heterocycles. The van der Waals surface area contributed by atoms with E-state index < -0.39 is 6.10 Å². The van der Waals surface area contributed by atoms with E-state index in [4.69, 9.17) is 4.74 Å². The molecule has 4 heteroatoms. The van der Waals surface area contributed by atoms with Crippen molar-refractivity contribution in [1.82, 2.24) is 0 Å². The van der Waals surface area contributed by atoms with E-state index in [9.17, 15) is 5.11 Å². The molecule has 0 aliphatic rings. The Bertz CT molecular complexity index is 430. The molecule has 2 rings (SSSR count). The van der Waals surface area contributed by atoms with Gasteiger partial charge in [0.1, 0.15) is 0 Å². The standard InChI is InChI=1S/C14H17NO2S/c16-13(9-15-12-5-2-1-3-6-12)10-17-11-14-7-4-8-18-14/h1-8,13,15-16H,9-11H2. The number of ether oxygens (including phenoxy) is 1. The van der Waals surface area contributed by atoms with Gasteiger partial charge in [0.05, 0.1) is 19.3 Å². The molecule has 0 bridgehead atoms. The Kier molecular flexibility index (Phi) is 5.20. The van der Waals surface area contributed by atoms with Gasteiger partial charge in [-0.3, -0.25) is 0 Å². The van der Waals surface area contributed by atoms with E-state index in [1.165, 1.54) is 4.88 Å². The Hall–Kier alpha value is -1.36. The van der Waals surface area contributed by atoms with Gasteiger partial charge in [0, 0.05) is 17.1 Å². The summed E-state index contributed by atoms with van der Waals surface area (Å²) in [5.41, 5.74) is 1.01. The highest BCUT2D eigenvalue weighted by Gasteiger charge is 2.04. The summed E-state index contributed by atoms with van der Waals surface area (Å²) in [6.45, 7) is 1.41. The van der Waals surface area contributed by atoms with Crippen LogP contribution < -0.4 is 5.32 Å². The summed E-state index contributed by atoms with van der Waals surface area (Å²) in [4.78, 5) is 1.18. The number of aliphatic hydroxyl groups is 1. The molecule has 96 valence electrons. The van der Waals surface area contributed by atoms with Crippen molar-refractivity contribution in [3.05, 3.63) is 52.7 Å². The van der Waals surface area contributed by atoms with E-state index in [-0.39, 0.29) is 0 Å². The van der Waals surface area contributed by atoms with Crippen LogP contribution in [0.25, 0.3) is 0 Å². The number of rotatable bonds is 7. The first-order valence-corrected chi connectivity index (χ1v) is 6.79. The highest BCUT2D eigenvalue weighted by Crippen LogP contribution is 2.10. The Balaban J connectivity index is 1.62. The van der Waals surface area contributed by atoms with Crippen LogP contribution in [0.15, 0.2) is 47.8 Å². The van der Waals surface area contributed by atoms with Gasteiger partial charge in [-0.1, -0.05) is 24.3 Å². The lowest BCUT2D eigenvalue weighted by atomic mass is 10.3. The number of nitrogens with one attached hydrogen (secondary N) is 1. The van der Waals surface area contributed by atoms with Gasteiger partial charge >= 0.3 is 0 Å². The van der Waals surface area contributed by atoms with Crippen molar-refractivity contribution < 1.29 is 9.84 Å². The Morgan fingerprint density at radius 3 is 2.72 bits per heavy atom. The fourth-order valence-corrected chi connectivity index (χ4v) is 2.18. The third-order valence-corrected chi connectivity index (χ3v) is 3.30. The van der Waals surface area contributed by atoms with Gasteiger partial charge in [0.2, 0.25) is 0 Å². The predicted molar refractivity (Wildman–Crippen MR) is 74.9 cm³/mol. The van der Waals surface area contributed by atoms with Crippen molar-refractivity contribution >= 4 is 17.0 Å². The number of thiophene rings is 1. The van der Waals surface area contributed by atoms with Crippen molar-refractivity contribution in [2.75, 3.05) is 18.5 Å². The molecule has 0 radical (unpaired) electrons. The minimum absolute atomic E-state index is 0.345. The lowest BCUT2D eigenvalue weighted by molar-refractivity contribution is 0.0359.